The Morgan fingerprint density at radius 2 is 2.10 bits per heavy atom. The summed E-state index contributed by atoms with van der Waals surface area (Å²) in [4.78, 5) is 6.47. The van der Waals surface area contributed by atoms with Gasteiger partial charge < -0.3 is 5.73 Å². The van der Waals surface area contributed by atoms with Crippen LogP contribution in [0.15, 0.2) is 23.2 Å². The van der Waals surface area contributed by atoms with Crippen LogP contribution in [-0.2, 0) is 16.6 Å². The fourth-order valence-corrected chi connectivity index (χ4v) is 4.12. The number of aromatic nitrogens is 1. The molecule has 1 saturated heterocycles. The molecule has 0 amide bonds. The molecular formula is C13H22N4O2S. The van der Waals surface area contributed by atoms with E-state index in [1.165, 1.54) is 4.31 Å². The summed E-state index contributed by atoms with van der Waals surface area (Å²) >= 11 is 0. The molecular weight excluding hydrogens is 276 g/mol. The van der Waals surface area contributed by atoms with Gasteiger partial charge in [-0.25, -0.2) is 8.42 Å². The predicted octanol–water partition coefficient (Wildman–Crippen LogP) is 0.255. The van der Waals surface area contributed by atoms with E-state index in [0.29, 0.717) is 25.3 Å². The van der Waals surface area contributed by atoms with Crippen LogP contribution in [0.4, 0.5) is 0 Å². The van der Waals surface area contributed by atoms with Gasteiger partial charge in [0.05, 0.1) is 5.69 Å². The molecule has 1 fully saturated rings. The number of nitrogens with zero attached hydrogens (tertiary/aromatic N) is 3. The summed E-state index contributed by atoms with van der Waals surface area (Å²) in [6.45, 7) is 5.87. The van der Waals surface area contributed by atoms with E-state index in [1.54, 1.807) is 18.3 Å². The van der Waals surface area contributed by atoms with E-state index in [-0.39, 0.29) is 17.0 Å². The second-order valence-corrected chi connectivity index (χ2v) is 7.63. The third kappa shape index (κ3) is 2.71. The van der Waals surface area contributed by atoms with Crippen LogP contribution >= 0.6 is 0 Å². The summed E-state index contributed by atoms with van der Waals surface area (Å²) in [7, 11) is -1.52. The van der Waals surface area contributed by atoms with Crippen molar-refractivity contribution in [3.05, 3.63) is 24.0 Å². The van der Waals surface area contributed by atoms with Gasteiger partial charge in [0.15, 0.2) is 0 Å². The van der Waals surface area contributed by atoms with E-state index < -0.39 is 10.0 Å². The van der Waals surface area contributed by atoms with Gasteiger partial charge in [-0.2, -0.15) is 4.31 Å². The maximum atomic E-state index is 12.8. The Hall–Kier alpha value is -1.02. The van der Waals surface area contributed by atoms with Crippen molar-refractivity contribution in [2.75, 3.05) is 26.7 Å². The molecule has 0 atom stereocenters. The van der Waals surface area contributed by atoms with E-state index in [9.17, 15) is 8.42 Å². The lowest BCUT2D eigenvalue weighted by molar-refractivity contribution is 0.0801. The number of hydrogen-bond donors (Lipinski definition) is 1. The topological polar surface area (TPSA) is 79.5 Å². The van der Waals surface area contributed by atoms with Gasteiger partial charge in [0, 0.05) is 37.9 Å². The highest BCUT2D eigenvalue weighted by Crippen LogP contribution is 2.25. The molecule has 2 rings (SSSR count). The average Bonchev–Trinajstić information content (AvgIpc) is 2.41. The molecule has 0 radical (unpaired) electrons. The van der Waals surface area contributed by atoms with Crippen LogP contribution < -0.4 is 5.73 Å². The molecule has 0 aromatic carbocycles. The maximum Gasteiger partial charge on any atom is 0.245 e. The molecule has 0 spiro atoms. The zero-order valence-corrected chi connectivity index (χ0v) is 13.0. The van der Waals surface area contributed by atoms with Crippen molar-refractivity contribution in [1.29, 1.82) is 0 Å². The highest BCUT2D eigenvalue weighted by Gasteiger charge is 2.37. The largest absolute Gasteiger partial charge is 0.325 e. The Kier molecular flexibility index (Phi) is 4.15. The van der Waals surface area contributed by atoms with E-state index in [4.69, 9.17) is 5.73 Å². The van der Waals surface area contributed by atoms with E-state index in [1.807, 2.05) is 20.9 Å². The van der Waals surface area contributed by atoms with Crippen LogP contribution in [0, 0.1) is 0 Å². The van der Waals surface area contributed by atoms with Crippen LogP contribution in [0.1, 0.15) is 19.5 Å². The number of piperazine rings is 1. The van der Waals surface area contributed by atoms with Crippen molar-refractivity contribution >= 4 is 10.0 Å². The van der Waals surface area contributed by atoms with E-state index >= 15 is 0 Å². The van der Waals surface area contributed by atoms with Crippen LogP contribution in [0.2, 0.25) is 0 Å². The van der Waals surface area contributed by atoms with Gasteiger partial charge in [0.25, 0.3) is 0 Å². The summed E-state index contributed by atoms with van der Waals surface area (Å²) < 4.78 is 27.1. The number of pyridine rings is 1. The van der Waals surface area contributed by atoms with Crippen LogP contribution in [0.3, 0.4) is 0 Å². The van der Waals surface area contributed by atoms with Crippen LogP contribution in [0.25, 0.3) is 0 Å². The zero-order valence-electron chi connectivity index (χ0n) is 12.2. The minimum atomic E-state index is -3.54. The van der Waals surface area contributed by atoms with Crippen molar-refractivity contribution in [2.24, 2.45) is 5.73 Å². The fourth-order valence-electron chi connectivity index (χ4n) is 2.35. The van der Waals surface area contributed by atoms with Gasteiger partial charge in [-0.05, 0) is 33.0 Å². The van der Waals surface area contributed by atoms with Crippen LogP contribution in [0.5, 0.6) is 0 Å². The van der Waals surface area contributed by atoms with Crippen LogP contribution in [-0.4, -0.2) is 54.8 Å². The molecule has 1 aromatic rings. The molecule has 0 bridgehead atoms. The van der Waals surface area contributed by atoms with Crippen molar-refractivity contribution in [1.82, 2.24) is 14.2 Å². The number of likely N-dealkylation sites (N-methyl/N-ethyl adjacent to an activating group) is 1. The molecule has 1 aliphatic rings. The Morgan fingerprint density at radius 1 is 1.40 bits per heavy atom. The van der Waals surface area contributed by atoms with Gasteiger partial charge in [0.2, 0.25) is 10.0 Å². The molecule has 6 nitrogen and oxygen atoms in total. The van der Waals surface area contributed by atoms with E-state index in [0.717, 1.165) is 0 Å². The number of nitrogens with two attached hydrogens (primary N) is 1. The maximum absolute atomic E-state index is 12.8. The lowest BCUT2D eigenvalue weighted by atomic mass is 10.0. The second-order valence-electron chi connectivity index (χ2n) is 5.72. The van der Waals surface area contributed by atoms with Crippen molar-refractivity contribution in [3.63, 3.8) is 0 Å². The summed E-state index contributed by atoms with van der Waals surface area (Å²) in [6.07, 6.45) is 1.56. The minimum absolute atomic E-state index is 0.118. The van der Waals surface area contributed by atoms with Gasteiger partial charge in [-0.1, -0.05) is 0 Å². The lowest BCUT2D eigenvalue weighted by Gasteiger charge is -2.44. The SMILES string of the molecule is CN1CCN(S(=O)(=O)c2cccnc2CN)CC1(C)C. The van der Waals surface area contributed by atoms with Crippen molar-refractivity contribution in [3.8, 4) is 0 Å². The number of hydrogen-bond acceptors (Lipinski definition) is 5. The summed E-state index contributed by atoms with van der Waals surface area (Å²) in [5.41, 5.74) is 5.83. The zero-order chi connectivity index (χ0) is 15.0. The smallest absolute Gasteiger partial charge is 0.245 e. The molecule has 1 aliphatic heterocycles. The molecule has 1 aromatic heterocycles. The lowest BCUT2D eigenvalue weighted by Crippen LogP contribution is -2.58. The Morgan fingerprint density at radius 3 is 2.70 bits per heavy atom. The normalized spacial score (nSPS) is 21.0. The molecule has 2 heterocycles. The summed E-state index contributed by atoms with van der Waals surface area (Å²) in [5.74, 6) is 0. The van der Waals surface area contributed by atoms with Gasteiger partial charge in [-0.3, -0.25) is 9.88 Å². The van der Waals surface area contributed by atoms with Crippen molar-refractivity contribution < 1.29 is 8.42 Å². The molecule has 0 aliphatic carbocycles. The third-order valence-corrected chi connectivity index (χ3v) is 5.86. The predicted molar refractivity (Wildman–Crippen MR) is 77.6 cm³/mol. The van der Waals surface area contributed by atoms with Crippen molar-refractivity contribution in [2.45, 2.75) is 30.8 Å². The first kappa shape index (κ1) is 15.4. The average molecular weight is 298 g/mol. The summed E-state index contributed by atoms with van der Waals surface area (Å²) in [6, 6.07) is 3.21. The first-order chi connectivity index (χ1) is 9.29. The Labute approximate surface area is 120 Å². The van der Waals surface area contributed by atoms with Gasteiger partial charge in [0.1, 0.15) is 4.90 Å². The third-order valence-electron chi connectivity index (χ3n) is 3.94. The van der Waals surface area contributed by atoms with Gasteiger partial charge in [-0.15, -0.1) is 0 Å². The Bertz CT molecular complexity index is 586. The monoisotopic (exact) mass is 298 g/mol. The number of sulfonamides is 1. The first-order valence-corrected chi connectivity index (χ1v) is 8.08. The summed E-state index contributed by atoms with van der Waals surface area (Å²) in [5, 5.41) is 0. The second kappa shape index (κ2) is 5.40. The highest BCUT2D eigenvalue weighted by molar-refractivity contribution is 7.89. The van der Waals surface area contributed by atoms with Gasteiger partial charge >= 0.3 is 0 Å². The number of rotatable bonds is 3. The first-order valence-electron chi connectivity index (χ1n) is 6.64. The minimum Gasteiger partial charge on any atom is -0.325 e. The molecule has 2 N–H and O–H groups in total. The standard InChI is InChI=1S/C13H22N4O2S/c1-13(2)10-17(8-7-16(13)3)20(18,19)12-5-4-6-15-11(12)9-14/h4-6H,7-10,14H2,1-3H3. The molecule has 20 heavy (non-hydrogen) atoms. The molecule has 7 heteroatoms. The fraction of sp³-hybridized carbons (Fsp3) is 0.615. The Balaban J connectivity index is 2.36. The van der Waals surface area contributed by atoms with E-state index in [2.05, 4.69) is 9.88 Å². The molecule has 0 unspecified atom stereocenters. The highest BCUT2D eigenvalue weighted by atomic mass is 32.2. The quantitative estimate of drug-likeness (QED) is 0.865. The molecule has 0 saturated carbocycles. The molecule has 112 valence electrons.